The van der Waals surface area contributed by atoms with Gasteiger partial charge in [-0.1, -0.05) is 73.6 Å². The number of hydrazine groups is 2. The van der Waals surface area contributed by atoms with Crippen LogP contribution >= 0.6 is 0 Å². The van der Waals surface area contributed by atoms with Crippen molar-refractivity contribution >= 4 is 5.78 Å². The zero-order valence-electron chi connectivity index (χ0n) is 16.8. The molecule has 0 radical (unpaired) electrons. The summed E-state index contributed by atoms with van der Waals surface area (Å²) in [4.78, 5) is 13.1. The van der Waals surface area contributed by atoms with Crippen LogP contribution in [0.25, 0.3) is 0 Å². The highest BCUT2D eigenvalue weighted by Gasteiger charge is 2.27. The highest BCUT2D eigenvalue weighted by atomic mass is 16.1. The highest BCUT2D eigenvalue weighted by molar-refractivity contribution is 6.09. The molecule has 0 spiro atoms. The van der Waals surface area contributed by atoms with Gasteiger partial charge in [-0.15, -0.1) is 5.53 Å². The van der Waals surface area contributed by atoms with Crippen LogP contribution in [0.5, 0.6) is 0 Å². The summed E-state index contributed by atoms with van der Waals surface area (Å²) in [7, 11) is 0. The number of hydrogen-bond donors (Lipinski definition) is 3. The fourth-order valence-corrected chi connectivity index (χ4v) is 4.25. The molecule has 29 heavy (non-hydrogen) atoms. The summed E-state index contributed by atoms with van der Waals surface area (Å²) in [5.41, 5.74) is 15.0. The Bertz CT molecular complexity index is 840. The molecule has 1 aliphatic heterocycles. The zero-order valence-corrected chi connectivity index (χ0v) is 16.8. The topological polar surface area (TPSA) is 70.4 Å². The minimum atomic E-state index is 0.0104. The standard InChI is InChI=1S/C24H30N4O/c25-21-12-6-7-13-22(16-21)28-17-23(26-27-28)24(29)20-11-5-4-10-19(14-15-20)18-8-2-1-3-9-18/h1-4,8-11,14-15,17,19,21-22,26-27H,5-7,12-13,16,25H2/t19?,21-,22+/m1/s1. The largest absolute Gasteiger partial charge is 0.328 e. The molecule has 3 aliphatic rings. The van der Waals surface area contributed by atoms with Gasteiger partial charge in [0.25, 0.3) is 0 Å². The number of nitrogens with zero attached hydrogens (tertiary/aromatic N) is 1. The Hall–Kier alpha value is -2.63. The summed E-state index contributed by atoms with van der Waals surface area (Å²) < 4.78 is 0. The monoisotopic (exact) mass is 390 g/mol. The predicted molar refractivity (Wildman–Crippen MR) is 116 cm³/mol. The van der Waals surface area contributed by atoms with E-state index in [4.69, 9.17) is 5.73 Å². The molecule has 1 aromatic carbocycles. The number of rotatable bonds is 4. The van der Waals surface area contributed by atoms with Gasteiger partial charge in [0.1, 0.15) is 5.70 Å². The van der Waals surface area contributed by atoms with Crippen molar-refractivity contribution in [1.29, 1.82) is 0 Å². The minimum absolute atomic E-state index is 0.0104. The predicted octanol–water partition coefficient (Wildman–Crippen LogP) is 3.61. The number of benzene rings is 1. The smallest absolute Gasteiger partial charge is 0.211 e. The molecule has 5 nitrogen and oxygen atoms in total. The Morgan fingerprint density at radius 3 is 2.79 bits per heavy atom. The van der Waals surface area contributed by atoms with Gasteiger partial charge in [-0.3, -0.25) is 15.2 Å². The van der Waals surface area contributed by atoms with Crippen LogP contribution in [0.3, 0.4) is 0 Å². The van der Waals surface area contributed by atoms with Gasteiger partial charge < -0.3 is 5.73 Å². The third-order valence-corrected chi connectivity index (χ3v) is 5.91. The molecular weight excluding hydrogens is 360 g/mol. The molecule has 0 saturated heterocycles. The average molecular weight is 391 g/mol. The van der Waals surface area contributed by atoms with E-state index in [1.165, 1.54) is 18.4 Å². The maximum Gasteiger partial charge on any atom is 0.211 e. The lowest BCUT2D eigenvalue weighted by atomic mass is 9.94. The van der Waals surface area contributed by atoms with Gasteiger partial charge in [-0.2, -0.15) is 0 Å². The van der Waals surface area contributed by atoms with E-state index in [-0.39, 0.29) is 17.7 Å². The third-order valence-electron chi connectivity index (χ3n) is 5.91. The number of allylic oxidation sites excluding steroid dienone is 6. The number of hydrogen-bond acceptors (Lipinski definition) is 5. The van der Waals surface area contributed by atoms with Crippen LogP contribution in [0.1, 0.15) is 50.0 Å². The van der Waals surface area contributed by atoms with Crippen molar-refractivity contribution in [1.82, 2.24) is 16.0 Å². The molecule has 0 bridgehead atoms. The van der Waals surface area contributed by atoms with Gasteiger partial charge in [0.2, 0.25) is 5.78 Å². The maximum absolute atomic E-state index is 13.1. The van der Waals surface area contributed by atoms with Crippen LogP contribution in [0.15, 0.2) is 78.2 Å². The Labute approximate surface area is 173 Å². The van der Waals surface area contributed by atoms with Gasteiger partial charge >= 0.3 is 0 Å². The fourth-order valence-electron chi connectivity index (χ4n) is 4.25. The summed E-state index contributed by atoms with van der Waals surface area (Å²) in [6.45, 7) is 0. The summed E-state index contributed by atoms with van der Waals surface area (Å²) >= 11 is 0. The Morgan fingerprint density at radius 2 is 1.93 bits per heavy atom. The van der Waals surface area contributed by atoms with E-state index >= 15 is 0 Å². The van der Waals surface area contributed by atoms with Gasteiger partial charge in [0, 0.05) is 29.8 Å². The van der Waals surface area contributed by atoms with Gasteiger partial charge in [-0.05, 0) is 31.2 Å². The molecule has 5 heteroatoms. The van der Waals surface area contributed by atoms with Crippen molar-refractivity contribution in [3.8, 4) is 0 Å². The van der Waals surface area contributed by atoms with Crippen molar-refractivity contribution in [2.24, 2.45) is 5.73 Å². The first-order valence-corrected chi connectivity index (χ1v) is 10.6. The van der Waals surface area contributed by atoms with Gasteiger partial charge in [0.15, 0.2) is 0 Å². The molecule has 1 unspecified atom stereocenters. The molecule has 3 atom stereocenters. The summed E-state index contributed by atoms with van der Waals surface area (Å²) in [6, 6.07) is 10.9. The molecule has 1 heterocycles. The second-order valence-corrected chi connectivity index (χ2v) is 8.07. The maximum atomic E-state index is 13.1. The first-order chi connectivity index (χ1) is 14.2. The lowest BCUT2D eigenvalue weighted by Crippen LogP contribution is -2.45. The van der Waals surface area contributed by atoms with E-state index in [2.05, 4.69) is 41.3 Å². The number of carbonyl (C=O) groups is 1. The first kappa shape index (κ1) is 19.7. The van der Waals surface area contributed by atoms with E-state index in [0.29, 0.717) is 11.7 Å². The van der Waals surface area contributed by atoms with Crippen LogP contribution in [0.2, 0.25) is 0 Å². The Morgan fingerprint density at radius 1 is 1.10 bits per heavy atom. The summed E-state index contributed by atoms with van der Waals surface area (Å²) in [5.74, 6) is 0.191. The van der Waals surface area contributed by atoms with Crippen LogP contribution in [0.4, 0.5) is 0 Å². The molecule has 0 aromatic heterocycles. The SMILES string of the molecule is N[C@@H]1CCCC[C@H](N2C=C(C(=O)C3=CCC=CC(c4ccccc4)C=C3)NN2)C1. The number of Topliss-reactive ketones (excluding diaryl/α,β-unsaturated/α-hetero) is 1. The number of carbonyl (C=O) groups excluding carboxylic acids is 1. The molecule has 1 aromatic rings. The Balaban J connectivity index is 1.47. The van der Waals surface area contributed by atoms with E-state index in [1.807, 2.05) is 41.6 Å². The molecular formula is C24H30N4O. The second-order valence-electron chi connectivity index (χ2n) is 8.07. The molecule has 2 aliphatic carbocycles. The molecule has 1 fully saturated rings. The zero-order chi connectivity index (χ0) is 20.1. The summed E-state index contributed by atoms with van der Waals surface area (Å²) in [6.07, 6.45) is 18.5. The molecule has 152 valence electrons. The van der Waals surface area contributed by atoms with Crippen molar-refractivity contribution in [3.63, 3.8) is 0 Å². The van der Waals surface area contributed by atoms with Crippen LogP contribution in [0, 0.1) is 0 Å². The van der Waals surface area contributed by atoms with E-state index in [0.717, 1.165) is 31.3 Å². The molecule has 4 rings (SSSR count). The van der Waals surface area contributed by atoms with Crippen molar-refractivity contribution in [2.45, 2.75) is 56.5 Å². The van der Waals surface area contributed by atoms with Crippen LogP contribution in [-0.4, -0.2) is 22.9 Å². The highest BCUT2D eigenvalue weighted by Crippen LogP contribution is 2.25. The Kier molecular flexibility index (Phi) is 6.27. The van der Waals surface area contributed by atoms with E-state index < -0.39 is 0 Å². The fraction of sp³-hybridized carbons (Fsp3) is 0.375. The first-order valence-electron chi connectivity index (χ1n) is 10.6. The number of nitrogens with one attached hydrogen (secondary N) is 2. The quantitative estimate of drug-likeness (QED) is 0.541. The van der Waals surface area contributed by atoms with E-state index in [1.54, 1.807) is 0 Å². The van der Waals surface area contributed by atoms with Crippen molar-refractivity contribution < 1.29 is 4.79 Å². The number of nitrogens with two attached hydrogens (primary N) is 1. The van der Waals surface area contributed by atoms with E-state index in [9.17, 15) is 4.79 Å². The molecule has 0 amide bonds. The van der Waals surface area contributed by atoms with Gasteiger partial charge in [0.05, 0.1) is 0 Å². The molecule has 1 saturated carbocycles. The second kappa shape index (κ2) is 9.25. The normalized spacial score (nSPS) is 27.3. The van der Waals surface area contributed by atoms with Gasteiger partial charge in [-0.25, -0.2) is 0 Å². The number of ketones is 1. The lowest BCUT2D eigenvalue weighted by Gasteiger charge is -2.27. The van der Waals surface area contributed by atoms with Crippen LogP contribution < -0.4 is 16.7 Å². The van der Waals surface area contributed by atoms with Crippen LogP contribution in [-0.2, 0) is 4.79 Å². The third kappa shape index (κ3) is 4.86. The van der Waals surface area contributed by atoms with Crippen molar-refractivity contribution in [3.05, 3.63) is 83.7 Å². The summed E-state index contributed by atoms with van der Waals surface area (Å²) in [5, 5.41) is 2.03. The van der Waals surface area contributed by atoms with Crippen molar-refractivity contribution in [2.75, 3.05) is 0 Å². The minimum Gasteiger partial charge on any atom is -0.328 e. The molecule has 4 N–H and O–H groups in total. The lowest BCUT2D eigenvalue weighted by molar-refractivity contribution is -0.112. The average Bonchev–Trinajstić information content (AvgIpc) is 3.11.